The van der Waals surface area contributed by atoms with Gasteiger partial charge in [-0.1, -0.05) is 23.2 Å². The minimum atomic E-state index is -4.98. The molecule has 0 unspecified atom stereocenters. The van der Waals surface area contributed by atoms with E-state index in [1.54, 1.807) is 0 Å². The molecular weight excluding hydrogens is 375 g/mol. The second-order valence-electron chi connectivity index (χ2n) is 4.46. The van der Waals surface area contributed by atoms with Crippen molar-refractivity contribution >= 4 is 40.6 Å². The highest BCUT2D eigenvalue weighted by Gasteiger charge is 2.31. The topological polar surface area (TPSA) is 50.4 Å². The first-order valence-electron chi connectivity index (χ1n) is 6.21. The van der Waals surface area contributed by atoms with E-state index in [2.05, 4.69) is 15.4 Å². The monoisotopic (exact) mass is 382 g/mol. The first-order valence-corrected chi connectivity index (χ1v) is 6.97. The summed E-state index contributed by atoms with van der Waals surface area (Å²) in [4.78, 5) is 11.8. The molecule has 0 saturated heterocycles. The summed E-state index contributed by atoms with van der Waals surface area (Å²) in [5.41, 5.74) is 0.00745. The highest BCUT2D eigenvalue weighted by Crippen LogP contribution is 2.27. The van der Waals surface area contributed by atoms with E-state index in [1.165, 1.54) is 18.2 Å². The fourth-order valence-corrected chi connectivity index (χ4v) is 2.27. The minimum Gasteiger partial charge on any atom is -0.406 e. The molecule has 2 amide bonds. The maximum Gasteiger partial charge on any atom is 0.573 e. The Morgan fingerprint density at radius 1 is 0.917 bits per heavy atom. The van der Waals surface area contributed by atoms with E-state index in [0.29, 0.717) is 6.07 Å². The molecule has 2 N–H and O–H groups in total. The van der Waals surface area contributed by atoms with E-state index < -0.39 is 24.0 Å². The summed E-state index contributed by atoms with van der Waals surface area (Å²) in [6, 6.07) is 5.59. The Labute approximate surface area is 143 Å². The molecular formula is C14H8Cl2F4N2O2. The average molecular weight is 383 g/mol. The van der Waals surface area contributed by atoms with Crippen molar-refractivity contribution in [3.05, 3.63) is 52.3 Å². The van der Waals surface area contributed by atoms with E-state index in [4.69, 9.17) is 23.2 Å². The Bertz CT molecular complexity index is 749. The maximum atomic E-state index is 13.3. The largest absolute Gasteiger partial charge is 0.573 e. The van der Waals surface area contributed by atoms with Crippen LogP contribution in [0, 0.1) is 5.82 Å². The summed E-state index contributed by atoms with van der Waals surface area (Å²) in [7, 11) is 0. The maximum absolute atomic E-state index is 13.3. The van der Waals surface area contributed by atoms with Crippen LogP contribution in [0.4, 0.5) is 33.7 Å². The number of nitrogens with one attached hydrogen (secondary N) is 2. The van der Waals surface area contributed by atoms with Gasteiger partial charge in [0.25, 0.3) is 0 Å². The van der Waals surface area contributed by atoms with Crippen LogP contribution in [0.25, 0.3) is 0 Å². The highest BCUT2D eigenvalue weighted by atomic mass is 35.5. The number of anilines is 2. The van der Waals surface area contributed by atoms with Gasteiger partial charge in [-0.15, -0.1) is 13.2 Å². The van der Waals surface area contributed by atoms with E-state index in [9.17, 15) is 22.4 Å². The number of halogens is 6. The number of amides is 2. The molecule has 0 fully saturated rings. The van der Waals surface area contributed by atoms with E-state index in [-0.39, 0.29) is 21.4 Å². The second-order valence-corrected chi connectivity index (χ2v) is 5.33. The fourth-order valence-electron chi connectivity index (χ4n) is 1.75. The third-order valence-electron chi connectivity index (χ3n) is 2.48. The van der Waals surface area contributed by atoms with E-state index >= 15 is 0 Å². The number of alkyl halides is 3. The predicted octanol–water partition coefficient (Wildman–Crippen LogP) is 5.68. The van der Waals surface area contributed by atoms with Gasteiger partial charge in [0.1, 0.15) is 11.6 Å². The highest BCUT2D eigenvalue weighted by molar-refractivity contribution is 6.35. The first-order chi connectivity index (χ1) is 11.1. The number of carbonyl (C=O) groups is 1. The number of hydrogen-bond donors (Lipinski definition) is 2. The Hall–Kier alpha value is -2.19. The molecule has 0 aromatic heterocycles. The van der Waals surface area contributed by atoms with Crippen molar-refractivity contribution in [3.8, 4) is 5.75 Å². The van der Waals surface area contributed by atoms with Crippen molar-refractivity contribution in [3.63, 3.8) is 0 Å². The number of rotatable bonds is 3. The quantitative estimate of drug-likeness (QED) is 0.671. The number of benzene rings is 2. The average Bonchev–Trinajstić information content (AvgIpc) is 2.33. The van der Waals surface area contributed by atoms with Gasteiger partial charge in [0.05, 0.1) is 0 Å². The van der Waals surface area contributed by atoms with Gasteiger partial charge in [-0.3, -0.25) is 0 Å². The number of hydrogen-bond acceptors (Lipinski definition) is 2. The summed E-state index contributed by atoms with van der Waals surface area (Å²) in [5, 5.41) is 5.06. The summed E-state index contributed by atoms with van der Waals surface area (Å²) in [5.74, 6) is -1.82. The molecule has 2 aromatic rings. The van der Waals surface area contributed by atoms with Gasteiger partial charge >= 0.3 is 12.4 Å². The van der Waals surface area contributed by atoms with Gasteiger partial charge in [-0.05, 0) is 24.3 Å². The Morgan fingerprint density at radius 3 is 2.00 bits per heavy atom. The lowest BCUT2D eigenvalue weighted by Gasteiger charge is -2.12. The summed E-state index contributed by atoms with van der Waals surface area (Å²) < 4.78 is 53.4. The molecule has 2 rings (SSSR count). The minimum absolute atomic E-state index is 0.236. The molecule has 2 aromatic carbocycles. The van der Waals surface area contributed by atoms with Crippen LogP contribution in [-0.4, -0.2) is 12.4 Å². The number of urea groups is 1. The molecule has 0 bridgehead atoms. The molecule has 0 aliphatic carbocycles. The molecule has 0 spiro atoms. The normalized spacial score (nSPS) is 11.1. The van der Waals surface area contributed by atoms with Crippen LogP contribution in [0.15, 0.2) is 36.4 Å². The smallest absolute Gasteiger partial charge is 0.406 e. The van der Waals surface area contributed by atoms with Gasteiger partial charge < -0.3 is 15.4 Å². The molecule has 0 atom stereocenters. The molecule has 0 saturated carbocycles. The van der Waals surface area contributed by atoms with Crippen molar-refractivity contribution in [2.75, 3.05) is 10.6 Å². The predicted molar refractivity (Wildman–Crippen MR) is 82.2 cm³/mol. The van der Waals surface area contributed by atoms with Crippen LogP contribution in [-0.2, 0) is 0 Å². The number of carbonyl (C=O) groups excluding carboxylic acids is 1. The van der Waals surface area contributed by atoms with Crippen LogP contribution in [0.1, 0.15) is 0 Å². The van der Waals surface area contributed by atoms with Gasteiger partial charge in [0.2, 0.25) is 0 Å². The molecule has 128 valence electrons. The third-order valence-corrected chi connectivity index (χ3v) is 2.92. The molecule has 24 heavy (non-hydrogen) atoms. The summed E-state index contributed by atoms with van der Waals surface area (Å²) in [6.07, 6.45) is -4.98. The fraction of sp³-hybridized carbons (Fsp3) is 0.0714. The molecule has 0 aliphatic heterocycles. The van der Waals surface area contributed by atoms with Crippen molar-refractivity contribution in [2.45, 2.75) is 6.36 Å². The zero-order chi connectivity index (χ0) is 17.9. The van der Waals surface area contributed by atoms with Crippen molar-refractivity contribution in [2.24, 2.45) is 0 Å². The standard InChI is InChI=1S/C14H8Cl2F4N2O2/c15-7-1-8(16)3-10(2-7)21-13(23)22-11-4-9(17)5-12(6-11)24-14(18,19)20/h1-6H,(H2,21,22,23). The van der Waals surface area contributed by atoms with Gasteiger partial charge in [0.15, 0.2) is 0 Å². The van der Waals surface area contributed by atoms with Crippen molar-refractivity contribution in [1.29, 1.82) is 0 Å². The Morgan fingerprint density at radius 2 is 1.46 bits per heavy atom. The molecule has 0 heterocycles. The first kappa shape index (κ1) is 18.2. The van der Waals surface area contributed by atoms with Crippen LogP contribution >= 0.6 is 23.2 Å². The van der Waals surface area contributed by atoms with Gasteiger partial charge in [0, 0.05) is 33.6 Å². The number of ether oxygens (including phenoxy) is 1. The molecule has 10 heteroatoms. The lowest BCUT2D eigenvalue weighted by Crippen LogP contribution is -2.20. The van der Waals surface area contributed by atoms with Crippen molar-refractivity contribution in [1.82, 2.24) is 0 Å². The molecule has 0 aliphatic rings. The van der Waals surface area contributed by atoms with Crippen LogP contribution in [0.2, 0.25) is 10.0 Å². The van der Waals surface area contributed by atoms with Crippen LogP contribution < -0.4 is 15.4 Å². The second kappa shape index (κ2) is 7.14. The summed E-state index contributed by atoms with van der Waals surface area (Å²) in [6.45, 7) is 0. The van der Waals surface area contributed by atoms with E-state index in [0.717, 1.165) is 12.1 Å². The zero-order valence-electron chi connectivity index (χ0n) is 11.5. The summed E-state index contributed by atoms with van der Waals surface area (Å²) >= 11 is 11.5. The van der Waals surface area contributed by atoms with E-state index in [1.807, 2.05) is 0 Å². The van der Waals surface area contributed by atoms with Crippen LogP contribution in [0.3, 0.4) is 0 Å². The van der Waals surface area contributed by atoms with Crippen LogP contribution in [0.5, 0.6) is 5.75 Å². The lowest BCUT2D eigenvalue weighted by atomic mass is 10.3. The lowest BCUT2D eigenvalue weighted by molar-refractivity contribution is -0.274. The zero-order valence-corrected chi connectivity index (χ0v) is 13.1. The van der Waals surface area contributed by atoms with Gasteiger partial charge in [-0.25, -0.2) is 9.18 Å². The molecule has 4 nitrogen and oxygen atoms in total. The molecule has 0 radical (unpaired) electrons. The third kappa shape index (κ3) is 5.78. The Balaban J connectivity index is 2.11. The SMILES string of the molecule is O=C(Nc1cc(Cl)cc(Cl)c1)Nc1cc(F)cc(OC(F)(F)F)c1. The Kier molecular flexibility index (Phi) is 5.40. The van der Waals surface area contributed by atoms with Crippen molar-refractivity contribution < 1.29 is 27.1 Å². The van der Waals surface area contributed by atoms with Gasteiger partial charge in [-0.2, -0.15) is 0 Å².